The van der Waals surface area contributed by atoms with E-state index in [1.165, 1.54) is 26.6 Å². The first-order chi connectivity index (χ1) is 11.6. The van der Waals surface area contributed by atoms with Crippen LogP contribution in [-0.2, 0) is 0 Å². The van der Waals surface area contributed by atoms with Gasteiger partial charge in [-0.2, -0.15) is 0 Å². The molecule has 0 unspecified atom stereocenters. The first kappa shape index (κ1) is 16.1. The Balaban J connectivity index is 2.10. The van der Waals surface area contributed by atoms with Crippen LogP contribution in [0.4, 0.5) is 5.69 Å². The molecular weight excluding hydrogens is 378 g/mol. The molecule has 1 N–H and O–H groups in total. The number of hydrogen-bond acceptors (Lipinski definition) is 7. The molecule has 0 radical (unpaired) electrons. The van der Waals surface area contributed by atoms with Crippen molar-refractivity contribution in [3.8, 4) is 11.5 Å². The molecule has 1 aliphatic carbocycles. The van der Waals surface area contributed by atoms with E-state index in [0.717, 1.165) is 0 Å². The van der Waals surface area contributed by atoms with E-state index in [1.54, 1.807) is 18.2 Å². The van der Waals surface area contributed by atoms with Crippen LogP contribution in [0, 0.1) is 0 Å². The van der Waals surface area contributed by atoms with E-state index in [-0.39, 0.29) is 21.6 Å². The van der Waals surface area contributed by atoms with Crippen LogP contribution in [0.3, 0.4) is 0 Å². The van der Waals surface area contributed by atoms with Crippen LogP contribution in [-0.4, -0.2) is 35.8 Å². The quantitative estimate of drug-likeness (QED) is 0.858. The smallest absolute Gasteiger partial charge is 0.231 e. The number of carbonyl (C=O) groups excluding carboxylic acids is 2. The molecule has 1 aromatic heterocycles. The molecule has 7 nitrogen and oxygen atoms in total. The van der Waals surface area contributed by atoms with Gasteiger partial charge >= 0.3 is 0 Å². The van der Waals surface area contributed by atoms with Crippen LogP contribution in [0.25, 0.3) is 0 Å². The van der Waals surface area contributed by atoms with Gasteiger partial charge in [0.2, 0.25) is 11.6 Å². The highest BCUT2D eigenvalue weighted by Gasteiger charge is 2.34. The van der Waals surface area contributed by atoms with Crippen LogP contribution < -0.4 is 14.8 Å². The van der Waals surface area contributed by atoms with Gasteiger partial charge in [-0.25, -0.2) is 9.97 Å². The lowest BCUT2D eigenvalue weighted by Crippen LogP contribution is -2.26. The maximum absolute atomic E-state index is 12.7. The van der Waals surface area contributed by atoms with Crippen LogP contribution in [0.1, 0.15) is 21.0 Å². The molecule has 0 fully saturated rings. The van der Waals surface area contributed by atoms with Crippen LogP contribution >= 0.6 is 15.9 Å². The number of halogens is 1. The van der Waals surface area contributed by atoms with Gasteiger partial charge in [0.25, 0.3) is 0 Å². The number of fused-ring (bicyclic) bond motifs is 1. The molecule has 0 amide bonds. The highest BCUT2D eigenvalue weighted by molar-refractivity contribution is 9.12. The Morgan fingerprint density at radius 1 is 0.958 bits per heavy atom. The van der Waals surface area contributed by atoms with Crippen LogP contribution in [0.2, 0.25) is 0 Å². The zero-order valence-electron chi connectivity index (χ0n) is 12.8. The predicted octanol–water partition coefficient (Wildman–Crippen LogP) is 2.59. The molecule has 122 valence electrons. The molecule has 1 aromatic carbocycles. The number of para-hydroxylation sites is 1. The summed E-state index contributed by atoms with van der Waals surface area (Å²) >= 11 is 3.18. The van der Waals surface area contributed by atoms with E-state index in [1.807, 2.05) is 0 Å². The molecule has 1 heterocycles. The lowest BCUT2D eigenvalue weighted by Gasteiger charge is -2.20. The Bertz CT molecular complexity index is 857. The zero-order valence-corrected chi connectivity index (χ0v) is 14.4. The van der Waals surface area contributed by atoms with Crippen molar-refractivity contribution >= 4 is 33.2 Å². The lowest BCUT2D eigenvalue weighted by molar-refractivity contribution is 0.0975. The number of ether oxygens (including phenoxy) is 2. The largest absolute Gasteiger partial charge is 0.494 e. The Hall–Kier alpha value is -2.74. The normalized spacial score (nSPS) is 13.6. The molecule has 0 saturated heterocycles. The molecule has 2 aromatic rings. The minimum Gasteiger partial charge on any atom is -0.494 e. The van der Waals surface area contributed by atoms with E-state index < -0.39 is 11.6 Å². The first-order valence-corrected chi connectivity index (χ1v) is 7.66. The van der Waals surface area contributed by atoms with E-state index in [9.17, 15) is 9.59 Å². The topological polar surface area (TPSA) is 90.4 Å². The van der Waals surface area contributed by atoms with E-state index in [0.29, 0.717) is 17.2 Å². The second-order valence-corrected chi connectivity index (χ2v) is 5.56. The van der Waals surface area contributed by atoms with Gasteiger partial charge in [-0.3, -0.25) is 9.59 Å². The van der Waals surface area contributed by atoms with Gasteiger partial charge in [-0.05, 0) is 28.1 Å². The summed E-state index contributed by atoms with van der Waals surface area (Å²) in [7, 11) is 3.00. The molecule has 0 aliphatic heterocycles. The number of anilines is 1. The molecule has 0 bridgehead atoms. The fourth-order valence-electron chi connectivity index (χ4n) is 2.32. The minimum atomic E-state index is -0.447. The van der Waals surface area contributed by atoms with Crippen molar-refractivity contribution in [2.45, 2.75) is 0 Å². The molecule has 0 atom stereocenters. The number of nitrogens with zero attached hydrogens (tertiary/aromatic N) is 2. The summed E-state index contributed by atoms with van der Waals surface area (Å²) in [4.78, 5) is 33.0. The average molecular weight is 390 g/mol. The Kier molecular flexibility index (Phi) is 4.30. The second-order valence-electron chi connectivity index (χ2n) is 4.76. The van der Waals surface area contributed by atoms with Crippen molar-refractivity contribution in [3.63, 3.8) is 0 Å². The van der Waals surface area contributed by atoms with Gasteiger partial charge in [0, 0.05) is 12.4 Å². The first-order valence-electron chi connectivity index (χ1n) is 6.86. The van der Waals surface area contributed by atoms with Crippen molar-refractivity contribution in [2.24, 2.45) is 0 Å². The Morgan fingerprint density at radius 2 is 1.50 bits per heavy atom. The number of carbonyl (C=O) groups is 2. The fourth-order valence-corrected chi connectivity index (χ4v) is 2.78. The van der Waals surface area contributed by atoms with Crippen molar-refractivity contribution in [1.82, 2.24) is 9.97 Å². The van der Waals surface area contributed by atoms with Crippen molar-refractivity contribution in [3.05, 3.63) is 52.2 Å². The van der Waals surface area contributed by atoms with Crippen LogP contribution in [0.15, 0.2) is 40.8 Å². The highest BCUT2D eigenvalue weighted by Crippen LogP contribution is 2.37. The summed E-state index contributed by atoms with van der Waals surface area (Å²) in [5.41, 5.74) is 0.507. The van der Waals surface area contributed by atoms with E-state index in [4.69, 9.17) is 9.47 Å². The molecule has 3 rings (SSSR count). The summed E-state index contributed by atoms with van der Waals surface area (Å²) in [6.07, 6.45) is 2.73. The number of benzene rings is 1. The maximum atomic E-state index is 12.7. The predicted molar refractivity (Wildman–Crippen MR) is 89.8 cm³/mol. The van der Waals surface area contributed by atoms with Crippen LogP contribution in [0.5, 0.6) is 11.5 Å². The van der Waals surface area contributed by atoms with Crippen molar-refractivity contribution in [2.75, 3.05) is 19.5 Å². The van der Waals surface area contributed by atoms with E-state index >= 15 is 0 Å². The maximum Gasteiger partial charge on any atom is 0.231 e. The molecule has 8 heteroatoms. The minimum absolute atomic E-state index is 0.00191. The summed E-state index contributed by atoms with van der Waals surface area (Å²) in [5.74, 6) is 0.0614. The van der Waals surface area contributed by atoms with Gasteiger partial charge in [0.15, 0.2) is 0 Å². The summed E-state index contributed by atoms with van der Waals surface area (Å²) in [6, 6.07) is 5.17. The standard InChI is InChI=1S/C16H12BrN3O4/c1-23-8-4-3-5-9(24-2)11(8)20-12-10(17)15(21)13-14(16(12)22)19-7-6-18-13/h3-7,20H,1-2H3. The Morgan fingerprint density at radius 3 is 2.04 bits per heavy atom. The van der Waals surface area contributed by atoms with Crippen molar-refractivity contribution < 1.29 is 19.1 Å². The third kappa shape index (κ3) is 2.54. The SMILES string of the molecule is COc1cccc(OC)c1NC1=C(Br)C(=O)c2nccnc2C1=O. The molecular formula is C16H12BrN3O4. The molecule has 0 saturated carbocycles. The number of hydrogen-bond donors (Lipinski definition) is 1. The Labute approximate surface area is 145 Å². The average Bonchev–Trinajstić information content (AvgIpc) is 2.63. The number of methoxy groups -OCH3 is 2. The number of rotatable bonds is 4. The summed E-state index contributed by atoms with van der Waals surface area (Å²) < 4.78 is 10.7. The summed E-state index contributed by atoms with van der Waals surface area (Å²) in [5, 5.41) is 2.94. The number of ketones is 2. The molecule has 0 spiro atoms. The number of Topliss-reactive ketones (excluding diaryl/α,β-unsaturated/α-hetero) is 2. The summed E-state index contributed by atoms with van der Waals surface area (Å²) in [6.45, 7) is 0. The van der Waals surface area contributed by atoms with Gasteiger partial charge in [-0.1, -0.05) is 6.07 Å². The third-order valence-corrected chi connectivity index (χ3v) is 4.21. The fraction of sp³-hybridized carbons (Fsp3) is 0.125. The van der Waals surface area contributed by atoms with Gasteiger partial charge < -0.3 is 14.8 Å². The number of aromatic nitrogens is 2. The number of nitrogens with one attached hydrogen (secondary N) is 1. The van der Waals surface area contributed by atoms with Crippen molar-refractivity contribution in [1.29, 1.82) is 0 Å². The molecule has 24 heavy (non-hydrogen) atoms. The number of allylic oxidation sites excluding steroid dienone is 2. The van der Waals surface area contributed by atoms with Gasteiger partial charge in [0.05, 0.1) is 18.7 Å². The van der Waals surface area contributed by atoms with Gasteiger partial charge in [0.1, 0.15) is 34.3 Å². The second kappa shape index (κ2) is 6.40. The monoisotopic (exact) mass is 389 g/mol. The van der Waals surface area contributed by atoms with E-state index in [2.05, 4.69) is 31.2 Å². The lowest BCUT2D eigenvalue weighted by atomic mass is 10.0. The third-order valence-electron chi connectivity index (χ3n) is 3.45. The highest BCUT2D eigenvalue weighted by atomic mass is 79.9. The van der Waals surface area contributed by atoms with Gasteiger partial charge in [-0.15, -0.1) is 0 Å². The zero-order chi connectivity index (χ0) is 17.3. The molecule has 1 aliphatic rings.